The summed E-state index contributed by atoms with van der Waals surface area (Å²) in [5.41, 5.74) is 0.283. The third-order valence-electron chi connectivity index (χ3n) is 2.04. The molecule has 0 aliphatic heterocycles. The smallest absolute Gasteiger partial charge is 0.450 e. The van der Waals surface area contributed by atoms with Crippen molar-refractivity contribution < 1.29 is 27.9 Å². The Morgan fingerprint density at radius 3 is 2.39 bits per heavy atom. The number of alkyl halides is 3. The predicted octanol–water partition coefficient (Wildman–Crippen LogP) is 2.50. The molecule has 0 spiro atoms. The number of para-hydroxylation sites is 1. The van der Waals surface area contributed by atoms with Crippen LogP contribution in [0.3, 0.4) is 0 Å². The zero-order chi connectivity index (χ0) is 13.8. The van der Waals surface area contributed by atoms with Gasteiger partial charge >= 0.3 is 6.18 Å². The first-order valence-corrected chi connectivity index (χ1v) is 4.89. The van der Waals surface area contributed by atoms with Crippen LogP contribution in [-0.4, -0.2) is 22.8 Å². The Morgan fingerprint density at radius 2 is 1.83 bits per heavy atom. The van der Waals surface area contributed by atoms with E-state index in [4.69, 9.17) is 0 Å². The van der Waals surface area contributed by atoms with Gasteiger partial charge in [-0.05, 0) is 18.2 Å². The molecule has 0 aromatic heterocycles. The van der Waals surface area contributed by atoms with Crippen molar-refractivity contribution in [1.82, 2.24) is 0 Å². The molecule has 0 saturated carbocycles. The standard InChI is InChI=1S/C12H9F3O3/c13-12(14,15)11(18)7-9(16)6-5-8-3-1-2-4-10(8)17/h1-6,17H,7H2/b6-5+. The summed E-state index contributed by atoms with van der Waals surface area (Å²) in [5.74, 6) is -3.17. The maximum atomic E-state index is 11.9. The van der Waals surface area contributed by atoms with Crippen LogP contribution in [0.25, 0.3) is 6.08 Å². The number of hydrogen-bond donors (Lipinski definition) is 1. The van der Waals surface area contributed by atoms with Crippen LogP contribution < -0.4 is 0 Å². The van der Waals surface area contributed by atoms with E-state index >= 15 is 0 Å². The van der Waals surface area contributed by atoms with Gasteiger partial charge in [0.25, 0.3) is 0 Å². The van der Waals surface area contributed by atoms with E-state index in [1.54, 1.807) is 12.1 Å². The van der Waals surface area contributed by atoms with E-state index in [-0.39, 0.29) is 11.3 Å². The molecule has 1 N–H and O–H groups in total. The van der Waals surface area contributed by atoms with Crippen LogP contribution in [0.1, 0.15) is 12.0 Å². The van der Waals surface area contributed by atoms with E-state index in [1.807, 2.05) is 0 Å². The molecule has 0 aliphatic rings. The third kappa shape index (κ3) is 4.04. The second-order valence-electron chi connectivity index (χ2n) is 3.46. The number of halogens is 3. The fraction of sp³-hybridized carbons (Fsp3) is 0.167. The predicted molar refractivity (Wildman–Crippen MR) is 57.8 cm³/mol. The van der Waals surface area contributed by atoms with Crippen LogP contribution in [0.15, 0.2) is 30.3 Å². The van der Waals surface area contributed by atoms with Crippen molar-refractivity contribution >= 4 is 17.6 Å². The van der Waals surface area contributed by atoms with Crippen LogP contribution >= 0.6 is 0 Å². The maximum Gasteiger partial charge on any atom is 0.450 e. The monoisotopic (exact) mass is 258 g/mol. The van der Waals surface area contributed by atoms with Crippen molar-refractivity contribution in [3.8, 4) is 5.75 Å². The summed E-state index contributed by atoms with van der Waals surface area (Å²) in [7, 11) is 0. The molecular formula is C12H9F3O3. The summed E-state index contributed by atoms with van der Waals surface area (Å²) < 4.78 is 35.6. The highest BCUT2D eigenvalue weighted by atomic mass is 19.4. The van der Waals surface area contributed by atoms with Gasteiger partial charge in [-0.1, -0.05) is 18.2 Å². The van der Waals surface area contributed by atoms with Crippen LogP contribution in [0.4, 0.5) is 13.2 Å². The molecular weight excluding hydrogens is 249 g/mol. The Kier molecular flexibility index (Phi) is 4.25. The lowest BCUT2D eigenvalue weighted by molar-refractivity contribution is -0.171. The summed E-state index contributed by atoms with van der Waals surface area (Å²) in [6, 6.07) is 5.99. The summed E-state index contributed by atoms with van der Waals surface area (Å²) in [4.78, 5) is 21.6. The van der Waals surface area contributed by atoms with Gasteiger partial charge < -0.3 is 5.11 Å². The van der Waals surface area contributed by atoms with Gasteiger partial charge in [0.2, 0.25) is 5.78 Å². The first-order valence-electron chi connectivity index (χ1n) is 4.89. The lowest BCUT2D eigenvalue weighted by atomic mass is 10.1. The summed E-state index contributed by atoms with van der Waals surface area (Å²) in [6.07, 6.45) is -4.24. The highest BCUT2D eigenvalue weighted by Gasteiger charge is 2.38. The van der Waals surface area contributed by atoms with Crippen LogP contribution in [0.5, 0.6) is 5.75 Å². The highest BCUT2D eigenvalue weighted by Crippen LogP contribution is 2.19. The van der Waals surface area contributed by atoms with Crippen molar-refractivity contribution in [2.24, 2.45) is 0 Å². The molecule has 0 heterocycles. The fourth-order valence-corrected chi connectivity index (χ4v) is 1.13. The first kappa shape index (κ1) is 14.0. The van der Waals surface area contributed by atoms with Crippen molar-refractivity contribution in [3.05, 3.63) is 35.9 Å². The van der Waals surface area contributed by atoms with Gasteiger partial charge in [0.05, 0.1) is 6.42 Å². The maximum absolute atomic E-state index is 11.9. The average molecular weight is 258 g/mol. The molecule has 0 unspecified atom stereocenters. The molecule has 0 aliphatic carbocycles. The van der Waals surface area contributed by atoms with E-state index in [9.17, 15) is 27.9 Å². The van der Waals surface area contributed by atoms with Gasteiger partial charge in [-0.2, -0.15) is 13.2 Å². The van der Waals surface area contributed by atoms with Gasteiger partial charge in [-0.25, -0.2) is 0 Å². The Balaban J connectivity index is 2.67. The Hall–Kier alpha value is -2.11. The van der Waals surface area contributed by atoms with Crippen LogP contribution in [-0.2, 0) is 9.59 Å². The number of carbonyl (C=O) groups excluding carboxylic acids is 2. The lowest BCUT2D eigenvalue weighted by Gasteiger charge is -2.02. The number of phenols is 1. The van der Waals surface area contributed by atoms with E-state index in [0.717, 1.165) is 12.2 Å². The van der Waals surface area contributed by atoms with Crippen LogP contribution in [0.2, 0.25) is 0 Å². The molecule has 0 saturated heterocycles. The minimum atomic E-state index is -5.00. The largest absolute Gasteiger partial charge is 0.507 e. The Morgan fingerprint density at radius 1 is 1.22 bits per heavy atom. The summed E-state index contributed by atoms with van der Waals surface area (Å²) >= 11 is 0. The highest BCUT2D eigenvalue weighted by molar-refractivity contribution is 6.07. The molecule has 1 aromatic carbocycles. The van der Waals surface area contributed by atoms with E-state index in [1.165, 1.54) is 12.1 Å². The number of allylic oxidation sites excluding steroid dienone is 1. The number of hydrogen-bond acceptors (Lipinski definition) is 3. The third-order valence-corrected chi connectivity index (χ3v) is 2.04. The number of rotatable bonds is 4. The van der Waals surface area contributed by atoms with Crippen molar-refractivity contribution in [3.63, 3.8) is 0 Å². The fourth-order valence-electron chi connectivity index (χ4n) is 1.13. The van der Waals surface area contributed by atoms with Gasteiger partial charge in [0, 0.05) is 5.56 Å². The molecule has 96 valence electrons. The lowest BCUT2D eigenvalue weighted by Crippen LogP contribution is -2.24. The molecule has 1 rings (SSSR count). The second kappa shape index (κ2) is 5.48. The van der Waals surface area contributed by atoms with Crippen molar-refractivity contribution in [1.29, 1.82) is 0 Å². The number of ketones is 2. The van der Waals surface area contributed by atoms with E-state index in [0.29, 0.717) is 0 Å². The topological polar surface area (TPSA) is 54.4 Å². The summed E-state index contributed by atoms with van der Waals surface area (Å²) in [6.45, 7) is 0. The summed E-state index contributed by atoms with van der Waals surface area (Å²) in [5, 5.41) is 9.33. The van der Waals surface area contributed by atoms with Crippen molar-refractivity contribution in [2.75, 3.05) is 0 Å². The van der Waals surface area contributed by atoms with Gasteiger partial charge in [-0.15, -0.1) is 0 Å². The minimum absolute atomic E-state index is 0.108. The molecule has 0 fully saturated rings. The molecule has 3 nitrogen and oxygen atoms in total. The van der Waals surface area contributed by atoms with E-state index in [2.05, 4.69) is 0 Å². The Labute approximate surface area is 101 Å². The molecule has 6 heteroatoms. The van der Waals surface area contributed by atoms with Crippen molar-refractivity contribution in [2.45, 2.75) is 12.6 Å². The number of phenolic OH excluding ortho intramolecular Hbond substituents is 1. The molecule has 0 amide bonds. The number of benzene rings is 1. The Bertz CT molecular complexity index is 490. The molecule has 0 atom stereocenters. The molecule has 0 radical (unpaired) electrons. The van der Waals surface area contributed by atoms with E-state index < -0.39 is 24.2 Å². The molecule has 1 aromatic rings. The number of Topliss-reactive ketones (excluding diaryl/α,β-unsaturated/α-hetero) is 1. The average Bonchev–Trinajstić information content (AvgIpc) is 2.26. The molecule has 18 heavy (non-hydrogen) atoms. The minimum Gasteiger partial charge on any atom is -0.507 e. The SMILES string of the molecule is O=C(/C=C/c1ccccc1O)CC(=O)C(F)(F)F. The number of carbonyl (C=O) groups is 2. The number of aromatic hydroxyl groups is 1. The van der Waals surface area contributed by atoms with Gasteiger partial charge in [0.15, 0.2) is 5.78 Å². The normalized spacial score (nSPS) is 11.7. The zero-order valence-electron chi connectivity index (χ0n) is 9.07. The second-order valence-corrected chi connectivity index (χ2v) is 3.46. The van der Waals surface area contributed by atoms with Gasteiger partial charge in [-0.3, -0.25) is 9.59 Å². The zero-order valence-corrected chi connectivity index (χ0v) is 9.07. The quantitative estimate of drug-likeness (QED) is 0.666. The first-order chi connectivity index (χ1) is 8.30. The van der Waals surface area contributed by atoms with Gasteiger partial charge in [0.1, 0.15) is 5.75 Å². The molecule has 0 bridgehead atoms. The van der Waals surface area contributed by atoms with Crippen LogP contribution in [0, 0.1) is 0 Å².